The lowest BCUT2D eigenvalue weighted by atomic mass is 9.90. The van der Waals surface area contributed by atoms with Crippen molar-refractivity contribution in [1.29, 1.82) is 0 Å². The largest absolute Gasteiger partial charge is 0.497 e. The zero-order valence-corrected chi connectivity index (χ0v) is 19.5. The number of rotatable bonds is 7. The molecule has 5 nitrogen and oxygen atoms in total. The minimum atomic E-state index is -1.61. The molecule has 3 aromatic rings. The fourth-order valence-electron chi connectivity index (χ4n) is 4.57. The van der Waals surface area contributed by atoms with E-state index in [4.69, 9.17) is 9.47 Å². The summed E-state index contributed by atoms with van der Waals surface area (Å²) < 4.78 is 29.1. The molecule has 6 heteroatoms. The van der Waals surface area contributed by atoms with Gasteiger partial charge in [-0.2, -0.15) is 0 Å². The van der Waals surface area contributed by atoms with Crippen molar-refractivity contribution in [2.75, 3.05) is 26.8 Å². The lowest BCUT2D eigenvalue weighted by molar-refractivity contribution is -0.135. The smallest absolute Gasteiger partial charge is 0.227 e. The molecular weight excluding hydrogens is 419 g/mol. The first-order chi connectivity index (χ1) is 15.9. The maximum absolute atomic E-state index is 16.4. The van der Waals surface area contributed by atoms with Crippen LogP contribution in [-0.4, -0.2) is 42.2 Å². The van der Waals surface area contributed by atoms with Crippen LogP contribution in [0.4, 0.5) is 4.39 Å². The number of hydrogen-bond acceptors (Lipinski definition) is 3. The molecule has 2 heterocycles. The minimum Gasteiger partial charge on any atom is -0.497 e. The first-order valence-electron chi connectivity index (χ1n) is 11.4. The molecule has 1 unspecified atom stereocenters. The average Bonchev–Trinajstić information content (AvgIpc) is 3.31. The van der Waals surface area contributed by atoms with E-state index in [9.17, 15) is 4.79 Å². The molecule has 1 aliphatic heterocycles. The first-order valence-corrected chi connectivity index (χ1v) is 11.4. The molecule has 1 aliphatic rings. The Morgan fingerprint density at radius 3 is 2.58 bits per heavy atom. The average molecular weight is 451 g/mol. The number of methoxy groups -OCH3 is 1. The van der Waals surface area contributed by atoms with E-state index < -0.39 is 5.67 Å². The van der Waals surface area contributed by atoms with Gasteiger partial charge in [-0.15, -0.1) is 0 Å². The molecule has 1 saturated heterocycles. The van der Waals surface area contributed by atoms with Crippen molar-refractivity contribution >= 4 is 5.91 Å². The lowest BCUT2D eigenvalue weighted by Gasteiger charge is -2.38. The molecule has 0 saturated carbocycles. The van der Waals surface area contributed by atoms with Crippen molar-refractivity contribution in [3.8, 4) is 17.2 Å². The Hall–Kier alpha value is -3.28. The highest BCUT2D eigenvalue weighted by molar-refractivity contribution is 5.79. The summed E-state index contributed by atoms with van der Waals surface area (Å²) >= 11 is 0. The molecule has 33 heavy (non-hydrogen) atoms. The van der Waals surface area contributed by atoms with E-state index in [1.807, 2.05) is 79.2 Å². The van der Waals surface area contributed by atoms with Gasteiger partial charge in [0.25, 0.3) is 0 Å². The van der Waals surface area contributed by atoms with Crippen LogP contribution >= 0.6 is 0 Å². The number of ether oxygens (including phenoxy) is 2. The van der Waals surface area contributed by atoms with E-state index in [-0.39, 0.29) is 18.9 Å². The van der Waals surface area contributed by atoms with E-state index >= 15 is 4.39 Å². The summed E-state index contributed by atoms with van der Waals surface area (Å²) in [6.45, 7) is 5.15. The summed E-state index contributed by atoms with van der Waals surface area (Å²) in [6, 6.07) is 17.0. The van der Waals surface area contributed by atoms with Gasteiger partial charge in [-0.1, -0.05) is 12.1 Å². The molecule has 1 aromatic heterocycles. The number of benzene rings is 2. The number of piperidine rings is 1. The third-order valence-electron chi connectivity index (χ3n) is 6.26. The first kappa shape index (κ1) is 22.9. The predicted molar refractivity (Wildman–Crippen MR) is 127 cm³/mol. The van der Waals surface area contributed by atoms with Crippen molar-refractivity contribution < 1.29 is 18.7 Å². The molecule has 0 radical (unpaired) electrons. The third-order valence-corrected chi connectivity index (χ3v) is 6.26. The van der Waals surface area contributed by atoms with Gasteiger partial charge in [-0.05, 0) is 80.3 Å². The summed E-state index contributed by atoms with van der Waals surface area (Å²) in [5.74, 6) is 1.49. The molecule has 174 valence electrons. The third kappa shape index (κ3) is 4.90. The number of aryl methyl sites for hydroxylation is 1. The summed E-state index contributed by atoms with van der Waals surface area (Å²) in [5.41, 5.74) is 1.77. The molecule has 0 N–H and O–H groups in total. The number of amides is 1. The summed E-state index contributed by atoms with van der Waals surface area (Å²) in [7, 11) is 1.63. The van der Waals surface area contributed by atoms with Crippen LogP contribution in [0.25, 0.3) is 5.69 Å². The molecule has 2 aromatic carbocycles. The van der Waals surface area contributed by atoms with Crippen molar-refractivity contribution in [3.63, 3.8) is 0 Å². The van der Waals surface area contributed by atoms with E-state index in [2.05, 4.69) is 0 Å². The second-order valence-electron chi connectivity index (χ2n) is 8.55. The Kier molecular flexibility index (Phi) is 6.72. The Morgan fingerprint density at radius 1 is 1.12 bits per heavy atom. The molecule has 4 rings (SSSR count). The molecule has 0 aliphatic carbocycles. The van der Waals surface area contributed by atoms with Gasteiger partial charge in [0.15, 0.2) is 5.67 Å². The number of likely N-dealkylation sites (tertiary alicyclic amines) is 1. The predicted octanol–water partition coefficient (Wildman–Crippen LogP) is 5.22. The summed E-state index contributed by atoms with van der Waals surface area (Å²) in [4.78, 5) is 14.7. The van der Waals surface area contributed by atoms with Crippen LogP contribution in [0.5, 0.6) is 11.5 Å². The monoisotopic (exact) mass is 450 g/mol. The van der Waals surface area contributed by atoms with Crippen LogP contribution in [0.1, 0.15) is 36.6 Å². The van der Waals surface area contributed by atoms with Crippen LogP contribution in [0, 0.1) is 6.92 Å². The topological polar surface area (TPSA) is 43.7 Å². The van der Waals surface area contributed by atoms with Gasteiger partial charge < -0.3 is 18.9 Å². The Morgan fingerprint density at radius 2 is 1.88 bits per heavy atom. The van der Waals surface area contributed by atoms with E-state index in [1.54, 1.807) is 12.0 Å². The van der Waals surface area contributed by atoms with Crippen LogP contribution in [0.3, 0.4) is 0 Å². The molecule has 0 bridgehead atoms. The second kappa shape index (κ2) is 9.69. The van der Waals surface area contributed by atoms with Crippen molar-refractivity contribution in [3.05, 3.63) is 77.6 Å². The van der Waals surface area contributed by atoms with Crippen molar-refractivity contribution in [1.82, 2.24) is 9.47 Å². The van der Waals surface area contributed by atoms with Gasteiger partial charge in [0, 0.05) is 18.4 Å². The summed E-state index contributed by atoms with van der Waals surface area (Å²) in [6.07, 6.45) is 3.14. The lowest BCUT2D eigenvalue weighted by Crippen LogP contribution is -2.47. The number of aromatic nitrogens is 1. The molecule has 1 fully saturated rings. The molecule has 0 spiro atoms. The minimum absolute atomic E-state index is 0.0559. The quantitative estimate of drug-likeness (QED) is 0.496. The Balaban J connectivity index is 1.52. The van der Waals surface area contributed by atoms with Crippen LogP contribution in [-0.2, 0) is 16.9 Å². The zero-order valence-electron chi connectivity index (χ0n) is 19.5. The van der Waals surface area contributed by atoms with Gasteiger partial charge in [0.2, 0.25) is 5.91 Å². The van der Waals surface area contributed by atoms with Crippen LogP contribution in [0.15, 0.2) is 60.8 Å². The van der Waals surface area contributed by atoms with Crippen molar-refractivity contribution in [2.45, 2.75) is 38.8 Å². The number of hydrogen-bond donors (Lipinski definition) is 0. The summed E-state index contributed by atoms with van der Waals surface area (Å²) in [5, 5.41) is 0. The molecule has 1 atom stereocenters. The second-order valence-corrected chi connectivity index (χ2v) is 8.55. The van der Waals surface area contributed by atoms with Gasteiger partial charge in [0.1, 0.15) is 11.5 Å². The van der Waals surface area contributed by atoms with Crippen LogP contribution < -0.4 is 9.47 Å². The van der Waals surface area contributed by atoms with E-state index in [0.717, 1.165) is 28.3 Å². The van der Waals surface area contributed by atoms with Crippen LogP contribution in [0.2, 0.25) is 0 Å². The maximum atomic E-state index is 16.4. The Bertz CT molecular complexity index is 1110. The maximum Gasteiger partial charge on any atom is 0.227 e. The molecule has 1 amide bonds. The van der Waals surface area contributed by atoms with Gasteiger partial charge in [0.05, 0.1) is 32.4 Å². The number of halogens is 1. The number of carbonyl (C=O) groups is 1. The fraction of sp³-hybridized carbons (Fsp3) is 0.370. The number of carbonyl (C=O) groups excluding carboxylic acids is 1. The standard InChI is InChI=1S/C27H31FN2O3/c1-4-33-22-10-8-21(9-11-22)18-26(31)29-15-6-14-27(28,19-29)25-7-5-16-30(25)24-13-12-23(32-3)17-20(24)2/h5,7-13,16-17H,4,6,14-15,18-19H2,1-3H3. The van der Waals surface area contributed by atoms with Gasteiger partial charge in [-0.25, -0.2) is 4.39 Å². The highest BCUT2D eigenvalue weighted by Crippen LogP contribution is 2.38. The SMILES string of the molecule is CCOc1ccc(CC(=O)N2CCCC(F)(c3cccn3-c3ccc(OC)cc3C)C2)cc1. The molecular formula is C27H31FN2O3. The number of nitrogens with zero attached hydrogens (tertiary/aromatic N) is 2. The van der Waals surface area contributed by atoms with E-state index in [0.29, 0.717) is 31.7 Å². The van der Waals surface area contributed by atoms with E-state index in [1.165, 1.54) is 0 Å². The highest BCUT2D eigenvalue weighted by atomic mass is 19.1. The fourth-order valence-corrected chi connectivity index (χ4v) is 4.57. The highest BCUT2D eigenvalue weighted by Gasteiger charge is 2.41. The number of alkyl halides is 1. The van der Waals surface area contributed by atoms with Crippen molar-refractivity contribution in [2.24, 2.45) is 0 Å². The van der Waals surface area contributed by atoms with Gasteiger partial charge >= 0.3 is 0 Å². The zero-order chi connectivity index (χ0) is 23.4. The Labute approximate surface area is 194 Å². The normalized spacial score (nSPS) is 18.2. The van der Waals surface area contributed by atoms with Gasteiger partial charge in [-0.3, -0.25) is 4.79 Å².